The van der Waals surface area contributed by atoms with E-state index >= 15 is 0 Å². The molecule has 1 saturated carbocycles. The van der Waals surface area contributed by atoms with E-state index in [1.807, 2.05) is 0 Å². The third-order valence-corrected chi connectivity index (χ3v) is 5.43. The largest absolute Gasteiger partial charge is 0.393 e. The predicted molar refractivity (Wildman–Crippen MR) is 66.1 cm³/mol. The Morgan fingerprint density at radius 3 is 2.88 bits per heavy atom. The molecular weight excluding hydrogens is 196 g/mol. The van der Waals surface area contributed by atoms with Crippen molar-refractivity contribution < 1.29 is 5.11 Å². The highest BCUT2D eigenvalue weighted by Crippen LogP contribution is 2.62. The van der Waals surface area contributed by atoms with Gasteiger partial charge in [-0.3, -0.25) is 0 Å². The smallest absolute Gasteiger partial charge is 0.0597 e. The summed E-state index contributed by atoms with van der Waals surface area (Å²) in [5.74, 6) is 0. The highest BCUT2D eigenvalue weighted by Gasteiger charge is 2.53. The van der Waals surface area contributed by atoms with E-state index in [9.17, 15) is 5.11 Å². The summed E-state index contributed by atoms with van der Waals surface area (Å²) in [6.45, 7) is 6.84. The molecule has 0 aromatic rings. The van der Waals surface area contributed by atoms with Crippen LogP contribution in [0.15, 0.2) is 22.8 Å². The monoisotopic (exact) mass is 218 g/mol. The molecule has 0 amide bonds. The van der Waals surface area contributed by atoms with Gasteiger partial charge in [0.1, 0.15) is 0 Å². The molecule has 3 rings (SSSR count). The zero-order valence-electron chi connectivity index (χ0n) is 10.6. The van der Waals surface area contributed by atoms with Gasteiger partial charge in [0.2, 0.25) is 0 Å². The number of aliphatic hydroxyl groups is 1. The number of rotatable bonds is 0. The van der Waals surface area contributed by atoms with Crippen molar-refractivity contribution in [2.45, 2.75) is 59.0 Å². The van der Waals surface area contributed by atoms with Crippen LogP contribution >= 0.6 is 0 Å². The molecule has 3 aliphatic rings. The van der Waals surface area contributed by atoms with Gasteiger partial charge < -0.3 is 5.11 Å². The van der Waals surface area contributed by atoms with Crippen LogP contribution in [0.3, 0.4) is 0 Å². The molecule has 88 valence electrons. The average Bonchev–Trinajstić information content (AvgIpc) is 2.46. The van der Waals surface area contributed by atoms with Crippen LogP contribution in [0.25, 0.3) is 0 Å². The van der Waals surface area contributed by atoms with Gasteiger partial charge in [0.25, 0.3) is 0 Å². The Labute approximate surface area is 98.2 Å². The Morgan fingerprint density at radius 2 is 2.12 bits per heavy atom. The second-order valence-electron chi connectivity index (χ2n) is 6.57. The summed E-state index contributed by atoms with van der Waals surface area (Å²) in [5.41, 5.74) is 5.28. The molecule has 2 bridgehead atoms. The minimum absolute atomic E-state index is 0.0860. The van der Waals surface area contributed by atoms with E-state index in [0.717, 1.165) is 12.8 Å². The first-order chi connectivity index (χ1) is 7.47. The van der Waals surface area contributed by atoms with Crippen LogP contribution in [0.1, 0.15) is 52.9 Å². The van der Waals surface area contributed by atoms with Crippen molar-refractivity contribution in [2.75, 3.05) is 0 Å². The van der Waals surface area contributed by atoms with Crippen molar-refractivity contribution in [3.05, 3.63) is 22.8 Å². The first-order valence-corrected chi connectivity index (χ1v) is 6.52. The predicted octanol–water partition coefficient (Wildman–Crippen LogP) is 3.59. The van der Waals surface area contributed by atoms with Crippen molar-refractivity contribution in [3.63, 3.8) is 0 Å². The number of fused-ring (bicyclic) bond motifs is 1. The first kappa shape index (κ1) is 10.6. The number of hydrogen-bond donors (Lipinski definition) is 1. The Morgan fingerprint density at radius 1 is 1.38 bits per heavy atom. The quantitative estimate of drug-likeness (QED) is 0.658. The highest BCUT2D eigenvalue weighted by atomic mass is 16.3. The summed E-state index contributed by atoms with van der Waals surface area (Å²) in [6, 6.07) is 0. The van der Waals surface area contributed by atoms with E-state index in [-0.39, 0.29) is 11.5 Å². The zero-order chi connectivity index (χ0) is 11.6. The van der Waals surface area contributed by atoms with E-state index in [4.69, 9.17) is 0 Å². The van der Waals surface area contributed by atoms with Crippen molar-refractivity contribution in [3.8, 4) is 0 Å². The van der Waals surface area contributed by atoms with Crippen molar-refractivity contribution in [2.24, 2.45) is 10.8 Å². The zero-order valence-corrected chi connectivity index (χ0v) is 10.6. The Bertz CT molecular complexity index is 404. The van der Waals surface area contributed by atoms with Gasteiger partial charge in [-0.1, -0.05) is 18.6 Å². The summed E-state index contributed by atoms with van der Waals surface area (Å²) in [4.78, 5) is 0. The molecule has 16 heavy (non-hydrogen) atoms. The van der Waals surface area contributed by atoms with Gasteiger partial charge in [-0.25, -0.2) is 0 Å². The fraction of sp³-hybridized carbons (Fsp3) is 0.733. The Hall–Kier alpha value is -0.560. The molecule has 0 heterocycles. The van der Waals surface area contributed by atoms with Crippen LogP contribution in [0.2, 0.25) is 0 Å². The maximum absolute atomic E-state index is 10.2. The number of allylic oxidation sites excluding steroid dienone is 4. The lowest BCUT2D eigenvalue weighted by atomic mass is 9.54. The molecule has 3 atom stereocenters. The summed E-state index contributed by atoms with van der Waals surface area (Å²) in [6.07, 6.45) is 8.03. The van der Waals surface area contributed by atoms with E-state index in [1.54, 1.807) is 16.7 Å². The molecule has 1 nitrogen and oxygen atoms in total. The van der Waals surface area contributed by atoms with E-state index in [0.29, 0.717) is 5.41 Å². The molecule has 3 aliphatic carbocycles. The molecule has 1 heteroatoms. The number of aliphatic hydroxyl groups excluding tert-OH is 1. The maximum Gasteiger partial charge on any atom is 0.0597 e. The van der Waals surface area contributed by atoms with E-state index in [2.05, 4.69) is 26.8 Å². The fourth-order valence-corrected chi connectivity index (χ4v) is 4.40. The lowest BCUT2D eigenvalue weighted by molar-refractivity contribution is -0.0456. The van der Waals surface area contributed by atoms with Gasteiger partial charge >= 0.3 is 0 Å². The van der Waals surface area contributed by atoms with Crippen molar-refractivity contribution in [1.29, 1.82) is 0 Å². The molecule has 1 spiro atoms. The third kappa shape index (κ3) is 1.15. The first-order valence-electron chi connectivity index (χ1n) is 6.52. The minimum atomic E-state index is -0.0860. The van der Waals surface area contributed by atoms with Crippen LogP contribution in [-0.4, -0.2) is 11.2 Å². The van der Waals surface area contributed by atoms with Crippen LogP contribution in [0, 0.1) is 10.8 Å². The SMILES string of the molecule is CC1=C(C)C2=CC[C@]3(C)C[C@]2(CC[C@H]3O)C1. The topological polar surface area (TPSA) is 20.2 Å². The minimum Gasteiger partial charge on any atom is -0.393 e. The molecular formula is C15H22O. The van der Waals surface area contributed by atoms with E-state index in [1.165, 1.54) is 19.3 Å². The molecule has 0 radical (unpaired) electrons. The Kier molecular flexibility index (Phi) is 1.99. The van der Waals surface area contributed by atoms with Gasteiger partial charge in [-0.05, 0) is 67.9 Å². The van der Waals surface area contributed by atoms with Crippen LogP contribution < -0.4 is 0 Å². The lowest BCUT2D eigenvalue weighted by Gasteiger charge is -2.51. The highest BCUT2D eigenvalue weighted by molar-refractivity contribution is 5.47. The molecule has 0 aromatic heterocycles. The second kappa shape index (κ2) is 3.01. The fourth-order valence-electron chi connectivity index (χ4n) is 4.40. The Balaban J connectivity index is 2.06. The average molecular weight is 218 g/mol. The van der Waals surface area contributed by atoms with Crippen LogP contribution in [-0.2, 0) is 0 Å². The summed E-state index contributed by atoms with van der Waals surface area (Å²) < 4.78 is 0. The molecule has 0 unspecified atom stereocenters. The number of hydrogen-bond acceptors (Lipinski definition) is 1. The van der Waals surface area contributed by atoms with Gasteiger partial charge in [0.05, 0.1) is 6.10 Å². The normalized spacial score (nSPS) is 46.8. The third-order valence-electron chi connectivity index (χ3n) is 5.43. The molecule has 0 aromatic carbocycles. The summed E-state index contributed by atoms with van der Waals surface area (Å²) >= 11 is 0. The molecule has 0 saturated heterocycles. The van der Waals surface area contributed by atoms with Gasteiger partial charge in [0.15, 0.2) is 0 Å². The van der Waals surface area contributed by atoms with Crippen LogP contribution in [0.5, 0.6) is 0 Å². The molecule has 0 aliphatic heterocycles. The lowest BCUT2D eigenvalue weighted by Crippen LogP contribution is -2.46. The standard InChI is InChI=1S/C15H22O/c1-10-8-15-7-5-13(16)14(3,9-15)6-4-12(15)11(10)2/h4,13,16H,5-9H2,1-3H3/t13-,14-,15+/m1/s1. The van der Waals surface area contributed by atoms with Gasteiger partial charge in [-0.2, -0.15) is 0 Å². The summed E-state index contributed by atoms with van der Waals surface area (Å²) in [5, 5.41) is 10.2. The van der Waals surface area contributed by atoms with Crippen LogP contribution in [0.4, 0.5) is 0 Å². The van der Waals surface area contributed by atoms with Gasteiger partial charge in [0, 0.05) is 0 Å². The van der Waals surface area contributed by atoms with E-state index < -0.39 is 0 Å². The van der Waals surface area contributed by atoms with Crippen molar-refractivity contribution in [1.82, 2.24) is 0 Å². The maximum atomic E-state index is 10.2. The molecule has 1 fully saturated rings. The van der Waals surface area contributed by atoms with Crippen molar-refractivity contribution >= 4 is 0 Å². The second-order valence-corrected chi connectivity index (χ2v) is 6.57. The molecule has 1 N–H and O–H groups in total. The summed E-state index contributed by atoms with van der Waals surface area (Å²) in [7, 11) is 0. The van der Waals surface area contributed by atoms with Gasteiger partial charge in [-0.15, -0.1) is 0 Å².